The Morgan fingerprint density at radius 1 is 0.793 bits per heavy atom. The summed E-state index contributed by atoms with van der Waals surface area (Å²) in [6.07, 6.45) is 2.09. The maximum Gasteiger partial charge on any atom is 0.193 e. The number of aromatic nitrogens is 1. The van der Waals surface area contributed by atoms with Gasteiger partial charge >= 0.3 is 0 Å². The van der Waals surface area contributed by atoms with Crippen molar-refractivity contribution in [2.45, 2.75) is 6.92 Å². The van der Waals surface area contributed by atoms with Gasteiger partial charge in [-0.15, -0.1) is 22.4 Å². The Hall–Kier alpha value is -2.35. The van der Waals surface area contributed by atoms with Crippen LogP contribution in [0.2, 0.25) is 0 Å². The Morgan fingerprint density at radius 3 is 2.28 bits per heavy atom. The van der Waals surface area contributed by atoms with Gasteiger partial charge in [0.1, 0.15) is 7.05 Å². The van der Waals surface area contributed by atoms with E-state index in [9.17, 15) is 0 Å². The summed E-state index contributed by atoms with van der Waals surface area (Å²) in [5, 5.41) is 4.85. The van der Waals surface area contributed by atoms with E-state index in [-0.39, 0.29) is 32.7 Å². The van der Waals surface area contributed by atoms with E-state index in [1.54, 1.807) is 0 Å². The smallest absolute Gasteiger partial charge is 0.193 e. The molecule has 0 unspecified atom stereocenters. The zero-order valence-electron chi connectivity index (χ0n) is 16.6. The first-order valence-electron chi connectivity index (χ1n) is 9.53. The number of fused-ring (bicyclic) bond motifs is 3. The summed E-state index contributed by atoms with van der Waals surface area (Å²) < 4.78 is 2.16. The number of hydrogen-bond donors (Lipinski definition) is 0. The Morgan fingerprint density at radius 2 is 1.48 bits per heavy atom. The minimum atomic E-state index is 0. The van der Waals surface area contributed by atoms with E-state index in [0.717, 1.165) is 16.5 Å². The fraction of sp³-hybridized carbons (Fsp3) is 0.0741. The van der Waals surface area contributed by atoms with E-state index in [1.165, 1.54) is 33.0 Å². The van der Waals surface area contributed by atoms with Gasteiger partial charge in [-0.3, -0.25) is 0 Å². The van der Waals surface area contributed by atoms with Crippen molar-refractivity contribution < 1.29 is 37.3 Å². The molecular weight excluding hydrogens is 427 g/mol. The van der Waals surface area contributed by atoms with Crippen molar-refractivity contribution in [2.24, 2.45) is 7.05 Å². The third kappa shape index (κ3) is 3.54. The first-order chi connectivity index (χ1) is 13.7. The van der Waals surface area contributed by atoms with Crippen LogP contribution < -0.4 is 4.57 Å². The van der Waals surface area contributed by atoms with Crippen LogP contribution in [0.15, 0.2) is 85.1 Å². The Labute approximate surface area is 196 Å². The number of pyridine rings is 1. The first kappa shape index (κ1) is 19.9. The molecule has 0 saturated heterocycles. The van der Waals surface area contributed by atoms with Gasteiger partial charge in [-0.05, 0) is 11.6 Å². The van der Waals surface area contributed by atoms with E-state index < -0.39 is 0 Å². The molecule has 0 saturated carbocycles. The summed E-state index contributed by atoms with van der Waals surface area (Å²) in [4.78, 5) is 0. The molecule has 0 bridgehead atoms. The van der Waals surface area contributed by atoms with Crippen LogP contribution in [-0.4, -0.2) is 0 Å². The molecule has 2 heteroatoms. The molecule has 5 aromatic rings. The van der Waals surface area contributed by atoms with Crippen LogP contribution in [-0.2, 0) is 39.8 Å². The van der Waals surface area contributed by atoms with Crippen LogP contribution in [0.1, 0.15) is 5.56 Å². The minimum absolute atomic E-state index is 0. The molecule has 1 nitrogen and oxygen atoms in total. The number of nitrogens with zero attached hydrogens (tertiary/aromatic N) is 1. The minimum Gasteiger partial charge on any atom is -0.208 e. The van der Waals surface area contributed by atoms with Crippen LogP contribution in [0.3, 0.4) is 0 Å². The topological polar surface area (TPSA) is 3.88 Å². The number of rotatable bonds is 2. The van der Waals surface area contributed by atoms with Gasteiger partial charge in [0.05, 0.1) is 0 Å². The van der Waals surface area contributed by atoms with Gasteiger partial charge in [0.25, 0.3) is 0 Å². The van der Waals surface area contributed by atoms with Crippen molar-refractivity contribution in [2.75, 3.05) is 0 Å². The Bertz CT molecular complexity index is 1340. The second kappa shape index (κ2) is 8.18. The maximum absolute atomic E-state index is 3.66. The number of hydrogen-bond acceptors (Lipinski definition) is 0. The van der Waals surface area contributed by atoms with Crippen LogP contribution >= 0.6 is 0 Å². The fourth-order valence-corrected chi connectivity index (χ4v) is 3.96. The number of aryl methyl sites for hydroxylation is 2. The predicted molar refractivity (Wildman–Crippen MR) is 116 cm³/mol. The largest absolute Gasteiger partial charge is 0.208 e. The van der Waals surface area contributed by atoms with Gasteiger partial charge in [0.15, 0.2) is 11.9 Å². The molecule has 1 radical (unpaired) electrons. The molecule has 0 spiro atoms. The van der Waals surface area contributed by atoms with Gasteiger partial charge in [-0.25, -0.2) is 10.1 Å². The average Bonchev–Trinajstić information content (AvgIpc) is 2.74. The third-order valence-electron chi connectivity index (χ3n) is 5.43. The first-order valence-corrected chi connectivity index (χ1v) is 9.53. The van der Waals surface area contributed by atoms with Crippen molar-refractivity contribution in [3.8, 4) is 22.4 Å². The van der Waals surface area contributed by atoms with Crippen molar-refractivity contribution >= 4 is 21.5 Å². The summed E-state index contributed by atoms with van der Waals surface area (Å²) in [5.74, 6) is 0. The van der Waals surface area contributed by atoms with Gasteiger partial charge in [-0.1, -0.05) is 60.2 Å². The number of benzene rings is 4. The van der Waals surface area contributed by atoms with Crippen LogP contribution in [0.25, 0.3) is 43.9 Å². The molecule has 29 heavy (non-hydrogen) atoms. The van der Waals surface area contributed by atoms with Crippen LogP contribution in [0, 0.1) is 19.1 Å². The van der Waals surface area contributed by atoms with Crippen LogP contribution in [0.4, 0.5) is 0 Å². The zero-order valence-corrected chi connectivity index (χ0v) is 19.4. The van der Waals surface area contributed by atoms with Gasteiger partial charge < -0.3 is 0 Å². The van der Waals surface area contributed by atoms with Crippen LogP contribution in [0.5, 0.6) is 0 Å². The van der Waals surface area contributed by atoms with Crippen molar-refractivity contribution in [3.05, 3.63) is 103 Å². The standard InChI is InChI=1S/C27H20N.Y/c1-19-14-15-21(17-25(19)27-13-7-8-16-28(27)2)26-18-20-9-3-4-10-22(20)23-11-5-6-12-24(23)26;/h3-14,16-17H,1-2H3;/q-1;. The summed E-state index contributed by atoms with van der Waals surface area (Å²) in [6.45, 7) is 2.14. The average molecular weight is 447 g/mol. The zero-order chi connectivity index (χ0) is 19.1. The summed E-state index contributed by atoms with van der Waals surface area (Å²) in [7, 11) is 2.09. The van der Waals surface area contributed by atoms with E-state index in [0.29, 0.717) is 0 Å². The molecule has 1 heterocycles. The normalized spacial score (nSPS) is 10.8. The molecule has 0 aliphatic heterocycles. The quantitative estimate of drug-likeness (QED) is 0.176. The van der Waals surface area contributed by atoms with Crippen molar-refractivity contribution in [1.29, 1.82) is 0 Å². The van der Waals surface area contributed by atoms with E-state index in [2.05, 4.69) is 116 Å². The molecule has 0 fully saturated rings. The summed E-state index contributed by atoms with van der Waals surface area (Å²) in [5.41, 5.74) is 5.82. The Kier molecular flexibility index (Phi) is 5.63. The monoisotopic (exact) mass is 447 g/mol. The molecule has 0 N–H and O–H groups in total. The summed E-state index contributed by atoms with van der Waals surface area (Å²) >= 11 is 0. The molecular formula is C27H20NY-. The SMILES string of the molecule is Cc1c[c-]c(-c2[c-]c3ccccc3c3ccccc23)cc1-c1cccc[n+]1C.[Y]. The van der Waals surface area contributed by atoms with Gasteiger partial charge in [-0.2, -0.15) is 29.8 Å². The third-order valence-corrected chi connectivity index (χ3v) is 5.43. The second-order valence-corrected chi connectivity index (χ2v) is 7.23. The second-order valence-electron chi connectivity index (χ2n) is 7.23. The molecule has 0 aliphatic rings. The molecule has 0 atom stereocenters. The maximum atomic E-state index is 3.66. The van der Waals surface area contributed by atoms with Crippen molar-refractivity contribution in [3.63, 3.8) is 0 Å². The Balaban J connectivity index is 0.00000205. The van der Waals surface area contributed by atoms with Gasteiger partial charge in [0, 0.05) is 44.8 Å². The van der Waals surface area contributed by atoms with Gasteiger partial charge in [0.2, 0.25) is 0 Å². The molecule has 0 aliphatic carbocycles. The molecule has 1 aromatic heterocycles. The molecule has 4 aromatic carbocycles. The van der Waals surface area contributed by atoms with Crippen molar-refractivity contribution in [1.82, 2.24) is 0 Å². The van der Waals surface area contributed by atoms with E-state index >= 15 is 0 Å². The summed E-state index contributed by atoms with van der Waals surface area (Å²) in [6, 6.07) is 34.9. The predicted octanol–water partition coefficient (Wildman–Crippen LogP) is 6.06. The van der Waals surface area contributed by atoms with E-state index in [1.807, 2.05) is 0 Å². The molecule has 0 amide bonds. The molecule has 137 valence electrons. The van der Waals surface area contributed by atoms with E-state index in [4.69, 9.17) is 0 Å². The fourth-order valence-electron chi connectivity index (χ4n) is 3.96. The molecule has 5 rings (SSSR count).